The van der Waals surface area contributed by atoms with Crippen molar-refractivity contribution in [3.8, 4) is 0 Å². The summed E-state index contributed by atoms with van der Waals surface area (Å²) in [5.74, 6) is -1.91. The molecule has 0 spiro atoms. The molecule has 5 nitrogen and oxygen atoms in total. The van der Waals surface area contributed by atoms with Gasteiger partial charge in [0.15, 0.2) is 6.10 Å². The number of nitrogens with zero attached hydrogens (tertiary/aromatic N) is 2. The highest BCUT2D eigenvalue weighted by atomic mass is 19.1. The van der Waals surface area contributed by atoms with E-state index in [-0.39, 0.29) is 5.91 Å². The normalized spacial score (nSPS) is 22.8. The van der Waals surface area contributed by atoms with E-state index in [4.69, 9.17) is 4.84 Å². The lowest BCUT2D eigenvalue weighted by molar-refractivity contribution is -0.126. The number of amides is 2. The van der Waals surface area contributed by atoms with Gasteiger partial charge in [0, 0.05) is 0 Å². The highest BCUT2D eigenvalue weighted by Gasteiger charge is 2.60. The molecule has 31 heavy (non-hydrogen) atoms. The fraction of sp³-hybridized carbons (Fsp3) is 0.200. The van der Waals surface area contributed by atoms with Gasteiger partial charge < -0.3 is 0 Å². The maximum Gasteiger partial charge on any atom is 0.266 e. The molecule has 2 fully saturated rings. The van der Waals surface area contributed by atoms with Crippen LogP contribution in [0.3, 0.4) is 0 Å². The minimum Gasteiger partial charge on any atom is -0.273 e. The summed E-state index contributed by atoms with van der Waals surface area (Å²) < 4.78 is 13.4. The molecule has 2 aliphatic heterocycles. The summed E-state index contributed by atoms with van der Waals surface area (Å²) >= 11 is 0. The zero-order chi connectivity index (χ0) is 21.5. The first-order chi connectivity index (χ1) is 15.1. The number of carbonyl (C=O) groups excluding carboxylic acids is 2. The summed E-state index contributed by atoms with van der Waals surface area (Å²) in [6.45, 7) is 2.08. The Morgan fingerprint density at radius 3 is 2.16 bits per heavy atom. The standard InChI is InChI=1S/C25H21FN2O3/c1-2-16-8-10-17(11-9-16)22-21-23(31-28(22)20-6-4-3-5-7-20)25(30)27(24(21)29)19-14-12-18(26)13-15-19/h3-15,21-23H,2H2,1H3/t21-,22-,23+/m1/s1. The van der Waals surface area contributed by atoms with Crippen LogP contribution in [0.1, 0.15) is 24.1 Å². The molecule has 6 heteroatoms. The van der Waals surface area contributed by atoms with Crippen LogP contribution in [0, 0.1) is 11.7 Å². The van der Waals surface area contributed by atoms with E-state index in [9.17, 15) is 14.0 Å². The first-order valence-corrected chi connectivity index (χ1v) is 10.3. The minimum absolute atomic E-state index is 0.343. The topological polar surface area (TPSA) is 49.9 Å². The van der Waals surface area contributed by atoms with Crippen LogP contribution in [-0.4, -0.2) is 17.9 Å². The number of rotatable bonds is 4. The number of imide groups is 1. The average molecular weight is 416 g/mol. The highest BCUT2D eigenvalue weighted by Crippen LogP contribution is 2.47. The summed E-state index contributed by atoms with van der Waals surface area (Å²) in [5.41, 5.74) is 3.21. The second-order valence-corrected chi connectivity index (χ2v) is 7.74. The van der Waals surface area contributed by atoms with Crippen molar-refractivity contribution in [1.29, 1.82) is 0 Å². The monoisotopic (exact) mass is 416 g/mol. The fourth-order valence-electron chi connectivity index (χ4n) is 4.35. The van der Waals surface area contributed by atoms with Crippen molar-refractivity contribution in [2.45, 2.75) is 25.5 Å². The SMILES string of the molecule is CCc1ccc([C@@H]2[C@H]3C(=O)N(c4ccc(F)cc4)C(=O)[C@H]3ON2c2ccccc2)cc1. The molecule has 3 aromatic rings. The van der Waals surface area contributed by atoms with Crippen molar-refractivity contribution in [2.75, 3.05) is 9.96 Å². The third-order valence-electron chi connectivity index (χ3n) is 5.94. The zero-order valence-corrected chi connectivity index (χ0v) is 16.9. The van der Waals surface area contributed by atoms with E-state index in [1.54, 1.807) is 5.06 Å². The van der Waals surface area contributed by atoms with Crippen LogP contribution in [0.25, 0.3) is 0 Å². The number of para-hydroxylation sites is 1. The molecular weight excluding hydrogens is 395 g/mol. The predicted octanol–water partition coefficient (Wildman–Crippen LogP) is 4.44. The first kappa shape index (κ1) is 19.5. The molecule has 0 saturated carbocycles. The Labute approximate surface area is 179 Å². The number of carbonyl (C=O) groups is 2. The lowest BCUT2D eigenvalue weighted by atomic mass is 9.90. The molecule has 2 saturated heterocycles. The van der Waals surface area contributed by atoms with Crippen molar-refractivity contribution in [3.63, 3.8) is 0 Å². The van der Waals surface area contributed by atoms with Crippen molar-refractivity contribution >= 4 is 23.2 Å². The molecule has 5 rings (SSSR count). The maximum absolute atomic E-state index is 13.5. The first-order valence-electron chi connectivity index (χ1n) is 10.3. The largest absolute Gasteiger partial charge is 0.273 e. The van der Waals surface area contributed by atoms with Gasteiger partial charge in [-0.05, 0) is 53.9 Å². The number of anilines is 2. The van der Waals surface area contributed by atoms with Crippen molar-refractivity contribution < 1.29 is 18.8 Å². The van der Waals surface area contributed by atoms with E-state index in [0.717, 1.165) is 22.6 Å². The van der Waals surface area contributed by atoms with Gasteiger partial charge in [0.2, 0.25) is 5.91 Å². The van der Waals surface area contributed by atoms with Gasteiger partial charge in [-0.1, -0.05) is 49.4 Å². The van der Waals surface area contributed by atoms with Crippen molar-refractivity contribution in [1.82, 2.24) is 0 Å². The van der Waals surface area contributed by atoms with Crippen LogP contribution in [0.15, 0.2) is 78.9 Å². The molecule has 0 aromatic heterocycles. The second kappa shape index (κ2) is 7.63. The number of aryl methyl sites for hydroxylation is 1. The molecule has 2 heterocycles. The summed E-state index contributed by atoms with van der Waals surface area (Å²) in [4.78, 5) is 33.9. The Balaban J connectivity index is 1.57. The summed E-state index contributed by atoms with van der Waals surface area (Å²) in [5, 5.41) is 1.67. The van der Waals surface area contributed by atoms with E-state index in [1.165, 1.54) is 29.8 Å². The molecule has 2 amide bonds. The lowest BCUT2D eigenvalue weighted by Crippen LogP contribution is -2.37. The summed E-state index contributed by atoms with van der Waals surface area (Å²) in [6, 6.07) is 22.4. The molecule has 0 radical (unpaired) electrons. The molecule has 0 aliphatic carbocycles. The Hall–Kier alpha value is -3.51. The Kier molecular flexibility index (Phi) is 4.79. The van der Waals surface area contributed by atoms with Gasteiger partial charge in [-0.25, -0.2) is 14.4 Å². The summed E-state index contributed by atoms with van der Waals surface area (Å²) in [6.07, 6.45) is -0.0281. The molecular formula is C25H21FN2O3. The minimum atomic E-state index is -0.936. The Bertz CT molecular complexity index is 1120. The summed E-state index contributed by atoms with van der Waals surface area (Å²) in [7, 11) is 0. The number of hydroxylamine groups is 1. The molecule has 156 valence electrons. The van der Waals surface area contributed by atoms with Crippen LogP contribution in [-0.2, 0) is 20.8 Å². The molecule has 3 atom stereocenters. The van der Waals surface area contributed by atoms with E-state index in [1.807, 2.05) is 54.6 Å². The highest BCUT2D eigenvalue weighted by molar-refractivity contribution is 6.23. The van der Waals surface area contributed by atoms with Gasteiger partial charge in [0.25, 0.3) is 5.91 Å². The molecule has 3 aromatic carbocycles. The van der Waals surface area contributed by atoms with Crippen LogP contribution in [0.2, 0.25) is 0 Å². The Morgan fingerprint density at radius 2 is 1.52 bits per heavy atom. The number of fused-ring (bicyclic) bond motifs is 1. The number of halogens is 1. The maximum atomic E-state index is 13.5. The van der Waals surface area contributed by atoms with E-state index < -0.39 is 29.8 Å². The second-order valence-electron chi connectivity index (χ2n) is 7.74. The van der Waals surface area contributed by atoms with Crippen LogP contribution in [0.5, 0.6) is 0 Å². The predicted molar refractivity (Wildman–Crippen MR) is 115 cm³/mol. The van der Waals surface area contributed by atoms with E-state index in [0.29, 0.717) is 5.69 Å². The number of benzene rings is 3. The molecule has 2 aliphatic rings. The van der Waals surface area contributed by atoms with Gasteiger partial charge in [-0.2, -0.15) is 0 Å². The van der Waals surface area contributed by atoms with Crippen molar-refractivity contribution in [3.05, 3.63) is 95.8 Å². The van der Waals surface area contributed by atoms with Gasteiger partial charge in [0.05, 0.1) is 17.4 Å². The molecule has 0 unspecified atom stereocenters. The van der Waals surface area contributed by atoms with Gasteiger partial charge in [0.1, 0.15) is 11.7 Å². The third-order valence-corrected chi connectivity index (χ3v) is 5.94. The van der Waals surface area contributed by atoms with Gasteiger partial charge in [-0.3, -0.25) is 14.4 Å². The fourth-order valence-corrected chi connectivity index (χ4v) is 4.35. The molecule has 0 N–H and O–H groups in total. The quantitative estimate of drug-likeness (QED) is 0.590. The van der Waals surface area contributed by atoms with Crippen LogP contribution in [0.4, 0.5) is 15.8 Å². The van der Waals surface area contributed by atoms with Gasteiger partial charge in [-0.15, -0.1) is 0 Å². The molecule has 0 bridgehead atoms. The lowest BCUT2D eigenvalue weighted by Gasteiger charge is -2.28. The van der Waals surface area contributed by atoms with E-state index >= 15 is 0 Å². The Morgan fingerprint density at radius 1 is 0.839 bits per heavy atom. The number of hydrogen-bond acceptors (Lipinski definition) is 4. The zero-order valence-electron chi connectivity index (χ0n) is 16.9. The average Bonchev–Trinajstić information content (AvgIpc) is 3.31. The number of hydrogen-bond donors (Lipinski definition) is 0. The van der Waals surface area contributed by atoms with Gasteiger partial charge >= 0.3 is 0 Å². The third kappa shape index (κ3) is 3.20. The van der Waals surface area contributed by atoms with Crippen molar-refractivity contribution in [2.24, 2.45) is 5.92 Å². The smallest absolute Gasteiger partial charge is 0.266 e. The van der Waals surface area contributed by atoms with E-state index in [2.05, 4.69) is 6.92 Å². The van der Waals surface area contributed by atoms with Crippen LogP contribution >= 0.6 is 0 Å². The van der Waals surface area contributed by atoms with Crippen LogP contribution < -0.4 is 9.96 Å².